The van der Waals surface area contributed by atoms with E-state index in [2.05, 4.69) is 15.5 Å². The van der Waals surface area contributed by atoms with E-state index in [-0.39, 0.29) is 10.8 Å². The Bertz CT molecular complexity index is 1230. The van der Waals surface area contributed by atoms with Crippen LogP contribution in [0.4, 0.5) is 9.52 Å². The van der Waals surface area contributed by atoms with Crippen molar-refractivity contribution in [3.05, 3.63) is 67.7 Å². The third kappa shape index (κ3) is 4.52. The highest BCUT2D eigenvalue weighted by atomic mass is 35.5. The van der Waals surface area contributed by atoms with Crippen LogP contribution in [0.1, 0.15) is 15.2 Å². The van der Waals surface area contributed by atoms with Gasteiger partial charge in [-0.1, -0.05) is 76.1 Å². The average molecular weight is 505 g/mol. The van der Waals surface area contributed by atoms with Crippen LogP contribution in [0.25, 0.3) is 10.1 Å². The molecule has 4 nitrogen and oxygen atoms in total. The Morgan fingerprint density at radius 3 is 2.72 bits per heavy atom. The molecule has 4 aromatic rings. The molecule has 11 heteroatoms. The number of anilines is 1. The normalized spacial score (nSPS) is 11.2. The van der Waals surface area contributed by atoms with E-state index < -0.39 is 5.91 Å². The molecule has 148 valence electrons. The second kappa shape index (κ2) is 8.75. The van der Waals surface area contributed by atoms with E-state index in [1.165, 1.54) is 40.5 Å². The predicted octanol–water partition coefficient (Wildman–Crippen LogP) is 7.40. The molecule has 1 N–H and O–H groups in total. The van der Waals surface area contributed by atoms with E-state index in [0.29, 0.717) is 41.1 Å². The molecule has 0 saturated heterocycles. The maximum Gasteiger partial charge on any atom is 0.269 e. The largest absolute Gasteiger partial charge is 0.296 e. The first-order valence-corrected chi connectivity index (χ1v) is 11.8. The third-order valence-electron chi connectivity index (χ3n) is 3.79. The molecular formula is C18H9Cl3FN3OS3. The number of carbonyl (C=O) groups excluding carboxylic acids is 1. The Morgan fingerprint density at radius 2 is 1.93 bits per heavy atom. The number of thioether (sulfide) groups is 1. The minimum Gasteiger partial charge on any atom is -0.296 e. The van der Waals surface area contributed by atoms with E-state index in [0.717, 1.165) is 4.70 Å². The van der Waals surface area contributed by atoms with E-state index in [4.69, 9.17) is 34.8 Å². The fraction of sp³-hybridized carbons (Fsp3) is 0.0556. The summed E-state index contributed by atoms with van der Waals surface area (Å²) in [7, 11) is 0. The van der Waals surface area contributed by atoms with Crippen molar-refractivity contribution in [2.24, 2.45) is 0 Å². The number of thiophene rings is 1. The van der Waals surface area contributed by atoms with Gasteiger partial charge in [0.15, 0.2) is 4.34 Å². The number of rotatable bonds is 5. The Labute approximate surface area is 192 Å². The van der Waals surface area contributed by atoms with Gasteiger partial charge in [0.2, 0.25) is 5.13 Å². The lowest BCUT2D eigenvalue weighted by molar-refractivity contribution is 0.103. The fourth-order valence-corrected chi connectivity index (χ4v) is 6.49. The number of hydrogen-bond acceptors (Lipinski definition) is 6. The molecule has 0 fully saturated rings. The second-order valence-electron chi connectivity index (χ2n) is 5.71. The average Bonchev–Trinajstić information content (AvgIpc) is 3.25. The van der Waals surface area contributed by atoms with Gasteiger partial charge in [0.1, 0.15) is 10.7 Å². The van der Waals surface area contributed by atoms with E-state index in [1.54, 1.807) is 30.3 Å². The Hall–Kier alpha value is -1.42. The number of aromatic nitrogens is 2. The molecule has 0 bridgehead atoms. The molecule has 0 aliphatic carbocycles. The van der Waals surface area contributed by atoms with E-state index in [1.807, 2.05) is 0 Å². The highest BCUT2D eigenvalue weighted by Crippen LogP contribution is 2.41. The fourth-order valence-electron chi connectivity index (χ4n) is 2.49. The van der Waals surface area contributed by atoms with Gasteiger partial charge < -0.3 is 0 Å². The Kier molecular flexibility index (Phi) is 6.29. The molecule has 29 heavy (non-hydrogen) atoms. The topological polar surface area (TPSA) is 54.9 Å². The van der Waals surface area contributed by atoms with Gasteiger partial charge in [-0.2, -0.15) is 0 Å². The van der Waals surface area contributed by atoms with Crippen molar-refractivity contribution in [1.29, 1.82) is 0 Å². The van der Waals surface area contributed by atoms with E-state index in [9.17, 15) is 9.18 Å². The number of amides is 1. The summed E-state index contributed by atoms with van der Waals surface area (Å²) in [5, 5.41) is 12.7. The zero-order chi connectivity index (χ0) is 20.5. The SMILES string of the molecule is O=C(Nc1nnc(SCc2ccccc2F)s1)c1sc2cc(Cl)cc(Cl)c2c1Cl. The lowest BCUT2D eigenvalue weighted by atomic mass is 10.2. The smallest absolute Gasteiger partial charge is 0.269 e. The maximum atomic E-state index is 13.7. The molecule has 1 amide bonds. The number of benzene rings is 2. The van der Waals surface area contributed by atoms with Crippen molar-refractivity contribution in [3.63, 3.8) is 0 Å². The summed E-state index contributed by atoms with van der Waals surface area (Å²) in [5.41, 5.74) is 0.575. The Balaban J connectivity index is 1.48. The van der Waals surface area contributed by atoms with Gasteiger partial charge in [-0.05, 0) is 23.8 Å². The third-order valence-corrected chi connectivity index (χ3v) is 7.95. The van der Waals surface area contributed by atoms with E-state index >= 15 is 0 Å². The lowest BCUT2D eigenvalue weighted by Crippen LogP contribution is -2.10. The van der Waals surface area contributed by atoms with Crippen LogP contribution in [0.2, 0.25) is 15.1 Å². The number of nitrogens with zero attached hydrogens (tertiary/aromatic N) is 2. The molecular weight excluding hydrogens is 496 g/mol. The zero-order valence-electron chi connectivity index (χ0n) is 14.2. The van der Waals surface area contributed by atoms with Crippen LogP contribution in [0.5, 0.6) is 0 Å². The number of hydrogen-bond donors (Lipinski definition) is 1. The van der Waals surface area contributed by atoms with Crippen LogP contribution in [-0.2, 0) is 5.75 Å². The van der Waals surface area contributed by atoms with Gasteiger partial charge in [-0.3, -0.25) is 10.1 Å². The summed E-state index contributed by atoms with van der Waals surface area (Å²) in [6, 6.07) is 9.83. The first-order chi connectivity index (χ1) is 13.9. The predicted molar refractivity (Wildman–Crippen MR) is 121 cm³/mol. The first kappa shape index (κ1) is 20.8. The minimum atomic E-state index is -0.412. The summed E-state index contributed by atoms with van der Waals surface area (Å²) in [5.74, 6) is -0.266. The minimum absolute atomic E-state index is 0.267. The monoisotopic (exact) mass is 503 g/mol. The maximum absolute atomic E-state index is 13.7. The molecule has 0 aliphatic rings. The number of fused-ring (bicyclic) bond motifs is 1. The first-order valence-electron chi connectivity index (χ1n) is 8.00. The van der Waals surface area contributed by atoms with Gasteiger partial charge in [0.05, 0.1) is 10.0 Å². The molecule has 0 aliphatic heterocycles. The van der Waals surface area contributed by atoms with Crippen molar-refractivity contribution in [3.8, 4) is 0 Å². The van der Waals surface area contributed by atoms with Gasteiger partial charge in [-0.25, -0.2) is 4.39 Å². The number of halogens is 4. The molecule has 2 heterocycles. The molecule has 0 atom stereocenters. The molecule has 0 radical (unpaired) electrons. The van der Waals surface area contributed by atoms with Crippen LogP contribution < -0.4 is 5.32 Å². The highest BCUT2D eigenvalue weighted by Gasteiger charge is 2.21. The quantitative estimate of drug-likeness (QED) is 0.227. The molecule has 4 rings (SSSR count). The number of carbonyl (C=O) groups is 1. The van der Waals surface area contributed by atoms with Crippen molar-refractivity contribution in [2.45, 2.75) is 10.1 Å². The summed E-state index contributed by atoms with van der Waals surface area (Å²) in [6.07, 6.45) is 0. The van der Waals surface area contributed by atoms with Crippen molar-refractivity contribution in [1.82, 2.24) is 10.2 Å². The van der Waals surface area contributed by atoms with Crippen LogP contribution in [0, 0.1) is 5.82 Å². The molecule has 0 unspecified atom stereocenters. The van der Waals surface area contributed by atoms with Crippen molar-refractivity contribution in [2.75, 3.05) is 5.32 Å². The van der Waals surface area contributed by atoms with Gasteiger partial charge >= 0.3 is 0 Å². The molecule has 2 aromatic carbocycles. The summed E-state index contributed by atoms with van der Waals surface area (Å²) < 4.78 is 15.0. The summed E-state index contributed by atoms with van der Waals surface area (Å²) in [6.45, 7) is 0. The van der Waals surface area contributed by atoms with Crippen LogP contribution in [0.15, 0.2) is 40.7 Å². The zero-order valence-corrected chi connectivity index (χ0v) is 18.9. The second-order valence-corrected chi connectivity index (χ2v) is 10.2. The van der Waals surface area contributed by atoms with Crippen LogP contribution in [-0.4, -0.2) is 16.1 Å². The van der Waals surface area contributed by atoms with Gasteiger partial charge in [0.25, 0.3) is 5.91 Å². The standard InChI is InChI=1S/C18H9Cl3FN3OS3/c19-9-5-10(20)13-12(6-9)28-15(14(13)21)16(26)23-17-24-25-18(29-17)27-7-8-3-1-2-4-11(8)22/h1-6H,7H2,(H,23,24,26). The lowest BCUT2D eigenvalue weighted by Gasteiger charge is -2.00. The van der Waals surface area contributed by atoms with Gasteiger partial charge in [0, 0.05) is 20.9 Å². The van der Waals surface area contributed by atoms with Crippen molar-refractivity contribution < 1.29 is 9.18 Å². The van der Waals surface area contributed by atoms with Crippen LogP contribution >= 0.6 is 69.2 Å². The molecule has 0 saturated carbocycles. The molecule has 0 spiro atoms. The molecule has 2 aromatic heterocycles. The summed E-state index contributed by atoms with van der Waals surface area (Å²) in [4.78, 5) is 13.0. The highest BCUT2D eigenvalue weighted by molar-refractivity contribution is 8.00. The van der Waals surface area contributed by atoms with Crippen molar-refractivity contribution >= 4 is 90.4 Å². The van der Waals surface area contributed by atoms with Gasteiger partial charge in [-0.15, -0.1) is 21.5 Å². The Morgan fingerprint density at radius 1 is 1.14 bits per heavy atom. The van der Waals surface area contributed by atoms with Crippen LogP contribution in [0.3, 0.4) is 0 Å². The summed E-state index contributed by atoms with van der Waals surface area (Å²) >= 11 is 22.3. The number of nitrogens with one attached hydrogen (secondary N) is 1.